The van der Waals surface area contributed by atoms with Crippen LogP contribution in [0.3, 0.4) is 0 Å². The molecular weight excluding hydrogens is 250 g/mol. The number of rotatable bonds is 3. The molecule has 0 spiro atoms. The lowest BCUT2D eigenvalue weighted by molar-refractivity contribution is -0.121. The van der Waals surface area contributed by atoms with Crippen molar-refractivity contribution in [3.63, 3.8) is 0 Å². The van der Waals surface area contributed by atoms with E-state index in [0.717, 1.165) is 31.2 Å². The van der Waals surface area contributed by atoms with Crippen molar-refractivity contribution < 1.29 is 13.6 Å². The van der Waals surface area contributed by atoms with Gasteiger partial charge >= 0.3 is 0 Å². The standard InChI is InChI=1S/C14H18F2N2O/c1-9(2)14(19)18(11-5-6-17-8-11)13-7-10(15)3-4-12(13)16/h3-4,7,9,11,17H,5-6,8H2,1-2H3/t11-/m0/s1. The van der Waals surface area contributed by atoms with E-state index in [1.54, 1.807) is 13.8 Å². The van der Waals surface area contributed by atoms with E-state index in [0.29, 0.717) is 6.54 Å². The van der Waals surface area contributed by atoms with E-state index < -0.39 is 11.6 Å². The minimum absolute atomic E-state index is 0.0346. The van der Waals surface area contributed by atoms with Crippen LogP contribution in [-0.4, -0.2) is 25.0 Å². The first-order chi connectivity index (χ1) is 9.00. The van der Waals surface area contributed by atoms with Gasteiger partial charge in [-0.05, 0) is 25.1 Å². The van der Waals surface area contributed by atoms with Gasteiger partial charge in [0.2, 0.25) is 5.91 Å². The van der Waals surface area contributed by atoms with Crippen molar-refractivity contribution in [1.29, 1.82) is 0 Å². The zero-order valence-corrected chi connectivity index (χ0v) is 11.1. The maximum absolute atomic E-state index is 13.9. The number of carbonyl (C=O) groups is 1. The zero-order valence-electron chi connectivity index (χ0n) is 11.1. The topological polar surface area (TPSA) is 32.3 Å². The Labute approximate surface area is 111 Å². The largest absolute Gasteiger partial charge is 0.315 e. The molecular formula is C14H18F2N2O. The zero-order chi connectivity index (χ0) is 14.0. The maximum Gasteiger partial charge on any atom is 0.229 e. The molecule has 1 fully saturated rings. The van der Waals surface area contributed by atoms with Gasteiger partial charge in [0.25, 0.3) is 0 Å². The number of amides is 1. The molecule has 0 radical (unpaired) electrons. The van der Waals surface area contributed by atoms with Crippen LogP contribution in [0.15, 0.2) is 18.2 Å². The fourth-order valence-electron chi connectivity index (χ4n) is 2.30. The molecule has 1 atom stereocenters. The molecule has 19 heavy (non-hydrogen) atoms. The third kappa shape index (κ3) is 2.92. The molecule has 0 bridgehead atoms. The second-order valence-electron chi connectivity index (χ2n) is 5.11. The SMILES string of the molecule is CC(C)C(=O)N(c1cc(F)ccc1F)[C@H]1CCNC1. The van der Waals surface area contributed by atoms with Crippen LogP contribution in [-0.2, 0) is 4.79 Å². The molecule has 1 N–H and O–H groups in total. The molecule has 1 heterocycles. The van der Waals surface area contributed by atoms with Crippen molar-refractivity contribution in [2.24, 2.45) is 5.92 Å². The highest BCUT2D eigenvalue weighted by atomic mass is 19.1. The Kier molecular flexibility index (Phi) is 4.14. The highest BCUT2D eigenvalue weighted by Crippen LogP contribution is 2.26. The van der Waals surface area contributed by atoms with E-state index in [1.807, 2.05) is 0 Å². The van der Waals surface area contributed by atoms with Crippen LogP contribution >= 0.6 is 0 Å². The van der Waals surface area contributed by atoms with Crippen molar-refractivity contribution in [2.45, 2.75) is 26.3 Å². The molecule has 5 heteroatoms. The minimum Gasteiger partial charge on any atom is -0.315 e. The van der Waals surface area contributed by atoms with Crippen molar-refractivity contribution in [3.8, 4) is 0 Å². The highest BCUT2D eigenvalue weighted by molar-refractivity contribution is 5.95. The summed E-state index contributed by atoms with van der Waals surface area (Å²) in [5.74, 6) is -1.55. The van der Waals surface area contributed by atoms with Gasteiger partial charge in [0.15, 0.2) is 0 Å². The van der Waals surface area contributed by atoms with Gasteiger partial charge in [-0.25, -0.2) is 8.78 Å². The van der Waals surface area contributed by atoms with Crippen LogP contribution in [0.2, 0.25) is 0 Å². The van der Waals surface area contributed by atoms with Gasteiger partial charge in [0.1, 0.15) is 11.6 Å². The number of benzene rings is 1. The minimum atomic E-state index is -0.567. The van der Waals surface area contributed by atoms with Crippen LogP contribution < -0.4 is 10.2 Å². The maximum atomic E-state index is 13.9. The second-order valence-corrected chi connectivity index (χ2v) is 5.11. The van der Waals surface area contributed by atoms with Crippen LogP contribution in [0.25, 0.3) is 0 Å². The first kappa shape index (κ1) is 13.9. The normalized spacial score (nSPS) is 18.9. The van der Waals surface area contributed by atoms with Crippen molar-refractivity contribution in [3.05, 3.63) is 29.8 Å². The molecule has 1 aliphatic heterocycles. The molecule has 104 valence electrons. The third-order valence-corrected chi connectivity index (χ3v) is 3.30. The number of halogens is 2. The summed E-state index contributed by atoms with van der Waals surface area (Å²) in [6.07, 6.45) is 0.744. The molecule has 3 nitrogen and oxygen atoms in total. The molecule has 0 aliphatic carbocycles. The quantitative estimate of drug-likeness (QED) is 0.912. The Balaban J connectivity index is 2.41. The number of nitrogens with zero attached hydrogens (tertiary/aromatic N) is 1. The average molecular weight is 268 g/mol. The Morgan fingerprint density at radius 2 is 2.16 bits per heavy atom. The molecule has 0 saturated carbocycles. The van der Waals surface area contributed by atoms with Crippen molar-refractivity contribution in [1.82, 2.24) is 5.32 Å². The second kappa shape index (κ2) is 5.65. The summed E-state index contributed by atoms with van der Waals surface area (Å²) in [7, 11) is 0. The highest BCUT2D eigenvalue weighted by Gasteiger charge is 2.31. The molecule has 1 saturated heterocycles. The lowest BCUT2D eigenvalue weighted by Crippen LogP contribution is -2.44. The number of nitrogens with one attached hydrogen (secondary N) is 1. The average Bonchev–Trinajstić information content (AvgIpc) is 2.87. The summed E-state index contributed by atoms with van der Waals surface area (Å²) < 4.78 is 27.3. The van der Waals surface area contributed by atoms with Gasteiger partial charge in [-0.1, -0.05) is 13.8 Å². The van der Waals surface area contributed by atoms with Gasteiger partial charge < -0.3 is 10.2 Å². The molecule has 0 unspecified atom stereocenters. The molecule has 2 rings (SSSR count). The van der Waals surface area contributed by atoms with Crippen LogP contribution in [0.5, 0.6) is 0 Å². The number of anilines is 1. The summed E-state index contributed by atoms with van der Waals surface area (Å²) in [6.45, 7) is 4.90. The van der Waals surface area contributed by atoms with Gasteiger partial charge in [-0.3, -0.25) is 4.79 Å². The monoisotopic (exact) mass is 268 g/mol. The first-order valence-corrected chi connectivity index (χ1v) is 6.49. The summed E-state index contributed by atoms with van der Waals surface area (Å²) in [4.78, 5) is 13.7. The molecule has 1 aliphatic rings. The Morgan fingerprint density at radius 1 is 1.42 bits per heavy atom. The number of hydrogen-bond acceptors (Lipinski definition) is 2. The van der Waals surface area contributed by atoms with Crippen molar-refractivity contribution >= 4 is 11.6 Å². The Hall–Kier alpha value is -1.49. The molecule has 1 amide bonds. The van der Waals surface area contributed by atoms with Crippen LogP contribution in [0, 0.1) is 17.6 Å². The fraction of sp³-hybridized carbons (Fsp3) is 0.500. The van der Waals surface area contributed by atoms with Gasteiger partial charge in [-0.2, -0.15) is 0 Å². The summed E-state index contributed by atoms with van der Waals surface area (Å²) in [6, 6.07) is 3.09. The number of carbonyl (C=O) groups excluding carboxylic acids is 1. The predicted molar refractivity (Wildman–Crippen MR) is 70.0 cm³/mol. The van der Waals surface area contributed by atoms with Crippen LogP contribution in [0.1, 0.15) is 20.3 Å². The van der Waals surface area contributed by atoms with E-state index in [1.165, 1.54) is 4.90 Å². The van der Waals surface area contributed by atoms with Gasteiger partial charge in [-0.15, -0.1) is 0 Å². The van der Waals surface area contributed by atoms with E-state index in [9.17, 15) is 13.6 Å². The smallest absolute Gasteiger partial charge is 0.229 e. The van der Waals surface area contributed by atoms with Gasteiger partial charge in [0.05, 0.1) is 11.7 Å². The first-order valence-electron chi connectivity index (χ1n) is 6.49. The molecule has 1 aromatic rings. The van der Waals surface area contributed by atoms with E-state index in [-0.39, 0.29) is 23.6 Å². The van der Waals surface area contributed by atoms with Crippen molar-refractivity contribution in [2.75, 3.05) is 18.0 Å². The van der Waals surface area contributed by atoms with Gasteiger partial charge in [0, 0.05) is 18.5 Å². The predicted octanol–water partition coefficient (Wildman–Crippen LogP) is 2.32. The molecule has 0 aromatic heterocycles. The summed E-state index contributed by atoms with van der Waals surface area (Å²) in [5, 5.41) is 3.14. The third-order valence-electron chi connectivity index (χ3n) is 3.30. The van der Waals surface area contributed by atoms with E-state index in [4.69, 9.17) is 0 Å². The molecule has 1 aromatic carbocycles. The number of hydrogen-bond donors (Lipinski definition) is 1. The summed E-state index contributed by atoms with van der Waals surface area (Å²) in [5.41, 5.74) is 0.0346. The van der Waals surface area contributed by atoms with E-state index in [2.05, 4.69) is 5.32 Å². The Bertz CT molecular complexity index is 471. The van der Waals surface area contributed by atoms with Crippen LogP contribution in [0.4, 0.5) is 14.5 Å². The fourth-order valence-corrected chi connectivity index (χ4v) is 2.30. The Morgan fingerprint density at radius 3 is 2.74 bits per heavy atom. The lowest BCUT2D eigenvalue weighted by atomic mass is 10.1. The lowest BCUT2D eigenvalue weighted by Gasteiger charge is -2.30. The summed E-state index contributed by atoms with van der Waals surface area (Å²) >= 11 is 0. The van der Waals surface area contributed by atoms with E-state index >= 15 is 0 Å².